The van der Waals surface area contributed by atoms with E-state index in [1.165, 1.54) is 0 Å². The SMILES string of the molecule is CC(C)CCNC(=O)N[C@H](Cc1ccccc1)C(=O)O. The Kier molecular flexibility index (Phi) is 6.56. The molecule has 0 spiro atoms. The predicted octanol–water partition coefficient (Wildman–Crippen LogP) is 2.03. The second-order valence-corrected chi connectivity index (χ2v) is 5.16. The second-order valence-electron chi connectivity index (χ2n) is 5.16. The van der Waals surface area contributed by atoms with Gasteiger partial charge in [-0.2, -0.15) is 0 Å². The number of aliphatic carboxylic acids is 1. The summed E-state index contributed by atoms with van der Waals surface area (Å²) in [4.78, 5) is 22.8. The van der Waals surface area contributed by atoms with Crippen LogP contribution < -0.4 is 10.6 Å². The number of hydrogen-bond donors (Lipinski definition) is 3. The first-order valence-corrected chi connectivity index (χ1v) is 6.80. The van der Waals surface area contributed by atoms with Crippen molar-refractivity contribution < 1.29 is 14.7 Å². The van der Waals surface area contributed by atoms with Gasteiger partial charge >= 0.3 is 12.0 Å². The van der Waals surface area contributed by atoms with E-state index in [1.807, 2.05) is 30.3 Å². The van der Waals surface area contributed by atoms with Crippen LogP contribution in [0.25, 0.3) is 0 Å². The molecule has 0 saturated carbocycles. The molecule has 0 aromatic heterocycles. The minimum absolute atomic E-state index is 0.272. The van der Waals surface area contributed by atoms with E-state index in [4.69, 9.17) is 5.11 Å². The van der Waals surface area contributed by atoms with Gasteiger partial charge in [0.15, 0.2) is 0 Å². The lowest BCUT2D eigenvalue weighted by Crippen LogP contribution is -2.47. The molecule has 1 atom stereocenters. The van der Waals surface area contributed by atoms with Crippen molar-refractivity contribution in [3.63, 3.8) is 0 Å². The van der Waals surface area contributed by atoms with Gasteiger partial charge in [0.05, 0.1) is 0 Å². The maximum Gasteiger partial charge on any atom is 0.326 e. The van der Waals surface area contributed by atoms with Crippen molar-refractivity contribution in [1.82, 2.24) is 10.6 Å². The monoisotopic (exact) mass is 278 g/mol. The first-order valence-electron chi connectivity index (χ1n) is 6.80. The van der Waals surface area contributed by atoms with Gasteiger partial charge in [0.2, 0.25) is 0 Å². The summed E-state index contributed by atoms with van der Waals surface area (Å²) in [5.74, 6) is -0.539. The molecule has 5 heteroatoms. The summed E-state index contributed by atoms with van der Waals surface area (Å²) in [5.41, 5.74) is 0.877. The molecule has 5 nitrogen and oxygen atoms in total. The van der Waals surface area contributed by atoms with Crippen LogP contribution in [-0.4, -0.2) is 29.7 Å². The first kappa shape index (κ1) is 16.0. The van der Waals surface area contributed by atoms with E-state index in [1.54, 1.807) is 0 Å². The Balaban J connectivity index is 2.47. The van der Waals surface area contributed by atoms with Crippen LogP contribution in [0.15, 0.2) is 30.3 Å². The molecule has 0 fully saturated rings. The lowest BCUT2D eigenvalue weighted by Gasteiger charge is -2.15. The van der Waals surface area contributed by atoms with Crippen LogP contribution in [-0.2, 0) is 11.2 Å². The zero-order chi connectivity index (χ0) is 15.0. The summed E-state index contributed by atoms with van der Waals surface area (Å²) in [6.07, 6.45) is 1.14. The maximum atomic E-state index is 11.6. The topological polar surface area (TPSA) is 78.4 Å². The Morgan fingerprint density at radius 2 is 1.85 bits per heavy atom. The highest BCUT2D eigenvalue weighted by molar-refractivity contribution is 5.82. The van der Waals surface area contributed by atoms with Crippen molar-refractivity contribution in [1.29, 1.82) is 0 Å². The van der Waals surface area contributed by atoms with Gasteiger partial charge in [-0.15, -0.1) is 0 Å². The fourth-order valence-electron chi connectivity index (χ4n) is 1.73. The highest BCUT2D eigenvalue weighted by Crippen LogP contribution is 2.03. The Morgan fingerprint density at radius 1 is 1.20 bits per heavy atom. The number of carboxylic acids is 1. The highest BCUT2D eigenvalue weighted by atomic mass is 16.4. The molecule has 0 unspecified atom stereocenters. The number of rotatable bonds is 7. The summed E-state index contributed by atoms with van der Waals surface area (Å²) in [7, 11) is 0. The fraction of sp³-hybridized carbons (Fsp3) is 0.467. The molecular formula is C15H22N2O3. The van der Waals surface area contributed by atoms with Crippen LogP contribution in [0.5, 0.6) is 0 Å². The Bertz CT molecular complexity index is 432. The van der Waals surface area contributed by atoms with E-state index in [2.05, 4.69) is 24.5 Å². The van der Waals surface area contributed by atoms with Crippen molar-refractivity contribution in [2.75, 3.05) is 6.54 Å². The third-order valence-corrected chi connectivity index (χ3v) is 2.89. The molecule has 0 aliphatic rings. The molecule has 1 aromatic carbocycles. The molecule has 2 amide bonds. The Labute approximate surface area is 119 Å². The van der Waals surface area contributed by atoms with Crippen LogP contribution in [0.4, 0.5) is 4.79 Å². The molecule has 1 rings (SSSR count). The number of carboxylic acid groups (broad SMARTS) is 1. The van der Waals surface area contributed by atoms with Gasteiger partial charge < -0.3 is 15.7 Å². The second kappa shape index (κ2) is 8.19. The summed E-state index contributed by atoms with van der Waals surface area (Å²) < 4.78 is 0. The number of carbonyl (C=O) groups is 2. The van der Waals surface area contributed by atoms with Crippen molar-refractivity contribution >= 4 is 12.0 Å². The number of urea groups is 1. The average Bonchev–Trinajstić information content (AvgIpc) is 2.38. The van der Waals surface area contributed by atoms with Crippen molar-refractivity contribution in [3.05, 3.63) is 35.9 Å². The van der Waals surface area contributed by atoms with Crippen LogP contribution in [0.2, 0.25) is 0 Å². The molecule has 0 heterocycles. The van der Waals surface area contributed by atoms with E-state index >= 15 is 0 Å². The average molecular weight is 278 g/mol. The number of amides is 2. The predicted molar refractivity (Wildman–Crippen MR) is 77.6 cm³/mol. The first-order chi connectivity index (χ1) is 9.49. The van der Waals surface area contributed by atoms with Crippen molar-refractivity contribution in [2.24, 2.45) is 5.92 Å². The third-order valence-electron chi connectivity index (χ3n) is 2.89. The van der Waals surface area contributed by atoms with Gasteiger partial charge in [0.1, 0.15) is 6.04 Å². The van der Waals surface area contributed by atoms with Gasteiger partial charge in [-0.3, -0.25) is 0 Å². The maximum absolute atomic E-state index is 11.6. The van der Waals surface area contributed by atoms with Gasteiger partial charge in [-0.1, -0.05) is 44.2 Å². The molecule has 1 aromatic rings. The quantitative estimate of drug-likeness (QED) is 0.714. The van der Waals surface area contributed by atoms with Crippen molar-refractivity contribution in [3.8, 4) is 0 Å². The summed E-state index contributed by atoms with van der Waals surface area (Å²) >= 11 is 0. The van der Waals surface area contributed by atoms with E-state index in [9.17, 15) is 9.59 Å². The molecule has 0 radical (unpaired) electrons. The highest BCUT2D eigenvalue weighted by Gasteiger charge is 2.20. The zero-order valence-corrected chi connectivity index (χ0v) is 11.9. The molecular weight excluding hydrogens is 256 g/mol. The smallest absolute Gasteiger partial charge is 0.326 e. The third kappa shape index (κ3) is 6.22. The minimum Gasteiger partial charge on any atom is -0.480 e. The summed E-state index contributed by atoms with van der Waals surface area (Å²) in [6, 6.07) is 7.88. The van der Waals surface area contributed by atoms with Gasteiger partial charge in [0.25, 0.3) is 0 Å². The van der Waals surface area contributed by atoms with Crippen molar-refractivity contribution in [2.45, 2.75) is 32.7 Å². The molecule has 20 heavy (non-hydrogen) atoms. The van der Waals surface area contributed by atoms with Crippen LogP contribution in [0, 0.1) is 5.92 Å². The lowest BCUT2D eigenvalue weighted by molar-refractivity contribution is -0.139. The largest absolute Gasteiger partial charge is 0.480 e. The molecule has 0 aliphatic carbocycles. The fourth-order valence-corrected chi connectivity index (χ4v) is 1.73. The Morgan fingerprint density at radius 3 is 2.40 bits per heavy atom. The van der Waals surface area contributed by atoms with Crippen LogP contribution in [0.3, 0.4) is 0 Å². The number of carbonyl (C=O) groups excluding carboxylic acids is 1. The molecule has 0 bridgehead atoms. The van der Waals surface area contributed by atoms with Gasteiger partial charge in [-0.25, -0.2) is 9.59 Å². The van der Waals surface area contributed by atoms with Gasteiger partial charge in [-0.05, 0) is 17.9 Å². The molecule has 0 saturated heterocycles. The van der Waals surface area contributed by atoms with Gasteiger partial charge in [0, 0.05) is 13.0 Å². The van der Waals surface area contributed by atoms with E-state index in [0.29, 0.717) is 12.5 Å². The van der Waals surface area contributed by atoms with Crippen LogP contribution >= 0.6 is 0 Å². The Hall–Kier alpha value is -2.04. The zero-order valence-electron chi connectivity index (χ0n) is 11.9. The number of nitrogens with one attached hydrogen (secondary N) is 2. The van der Waals surface area contributed by atoms with E-state index < -0.39 is 18.0 Å². The molecule has 0 aliphatic heterocycles. The molecule has 110 valence electrons. The number of benzene rings is 1. The lowest BCUT2D eigenvalue weighted by atomic mass is 10.1. The summed E-state index contributed by atoms with van der Waals surface area (Å²) in [6.45, 7) is 4.67. The van der Waals surface area contributed by atoms with E-state index in [-0.39, 0.29) is 6.42 Å². The minimum atomic E-state index is -1.03. The standard InChI is InChI=1S/C15H22N2O3/c1-11(2)8-9-16-15(20)17-13(14(18)19)10-12-6-4-3-5-7-12/h3-7,11,13H,8-10H2,1-2H3,(H,18,19)(H2,16,17,20)/t13-/m1/s1. The summed E-state index contributed by atoms with van der Waals surface area (Å²) in [5, 5.41) is 14.3. The van der Waals surface area contributed by atoms with Crippen LogP contribution in [0.1, 0.15) is 25.8 Å². The normalized spacial score (nSPS) is 11.9. The number of hydrogen-bond acceptors (Lipinski definition) is 2. The molecule has 3 N–H and O–H groups in total. The van der Waals surface area contributed by atoms with E-state index in [0.717, 1.165) is 12.0 Å².